The Labute approximate surface area is 112 Å². The zero-order chi connectivity index (χ0) is 12.8. The topological polar surface area (TPSA) is 41.1 Å². The lowest BCUT2D eigenvalue weighted by molar-refractivity contribution is 0.217. The van der Waals surface area contributed by atoms with Crippen molar-refractivity contribution < 1.29 is 4.74 Å². The number of H-pyrrole nitrogens is 1. The Kier molecular flexibility index (Phi) is 2.52. The number of aromatic nitrogens is 2. The average molecular weight is 257 g/mol. The van der Waals surface area contributed by atoms with Gasteiger partial charge in [0.15, 0.2) is 0 Å². The van der Waals surface area contributed by atoms with Crippen molar-refractivity contribution in [2.75, 3.05) is 26.7 Å². The normalized spacial score (nSPS) is 25.9. The van der Waals surface area contributed by atoms with E-state index in [0.29, 0.717) is 11.8 Å². The van der Waals surface area contributed by atoms with Crippen LogP contribution in [0.5, 0.6) is 5.88 Å². The van der Waals surface area contributed by atoms with Gasteiger partial charge in [-0.15, -0.1) is 0 Å². The average Bonchev–Trinajstić information content (AvgIpc) is 2.77. The van der Waals surface area contributed by atoms with E-state index in [1.807, 2.05) is 6.20 Å². The molecule has 1 N–H and O–H groups in total. The first-order valence-electron chi connectivity index (χ1n) is 7.12. The minimum Gasteiger partial charge on any atom is -0.481 e. The lowest BCUT2D eigenvalue weighted by atomic mass is 9.93. The molecule has 19 heavy (non-hydrogen) atoms. The maximum Gasteiger partial charge on any atom is 0.213 e. The Bertz CT molecular complexity index is 619. The number of nitrogens with one attached hydrogen (secondary N) is 1. The second kappa shape index (κ2) is 4.23. The minimum atomic E-state index is 0.671. The number of nitrogens with zero attached hydrogens (tertiary/aromatic N) is 2. The number of hydrogen-bond acceptors (Lipinski definition) is 3. The van der Waals surface area contributed by atoms with Crippen molar-refractivity contribution in [3.05, 3.63) is 23.5 Å². The van der Waals surface area contributed by atoms with Crippen molar-refractivity contribution in [3.8, 4) is 5.88 Å². The summed E-state index contributed by atoms with van der Waals surface area (Å²) in [5, 5.41) is 1.30. The fraction of sp³-hybridized carbons (Fsp3) is 0.533. The van der Waals surface area contributed by atoms with E-state index in [9.17, 15) is 0 Å². The van der Waals surface area contributed by atoms with Crippen LogP contribution >= 0.6 is 0 Å². The van der Waals surface area contributed by atoms with Crippen molar-refractivity contribution in [2.24, 2.45) is 0 Å². The Morgan fingerprint density at radius 1 is 1.42 bits per heavy atom. The van der Waals surface area contributed by atoms with E-state index in [2.05, 4.69) is 20.9 Å². The van der Waals surface area contributed by atoms with Gasteiger partial charge in [0.2, 0.25) is 5.88 Å². The number of aromatic amines is 1. The molecule has 0 amide bonds. The lowest BCUT2D eigenvalue weighted by Crippen LogP contribution is -2.33. The van der Waals surface area contributed by atoms with Crippen LogP contribution in [-0.4, -0.2) is 41.6 Å². The number of fused-ring (bicyclic) bond motifs is 6. The smallest absolute Gasteiger partial charge is 0.213 e. The van der Waals surface area contributed by atoms with Crippen LogP contribution < -0.4 is 4.74 Å². The maximum absolute atomic E-state index is 5.27. The van der Waals surface area contributed by atoms with Gasteiger partial charge in [-0.3, -0.25) is 0 Å². The molecule has 0 radical (unpaired) electrons. The van der Waals surface area contributed by atoms with E-state index in [1.54, 1.807) is 7.11 Å². The summed E-state index contributed by atoms with van der Waals surface area (Å²) < 4.78 is 5.27. The zero-order valence-electron chi connectivity index (χ0n) is 11.3. The van der Waals surface area contributed by atoms with Crippen molar-refractivity contribution in [1.82, 2.24) is 14.9 Å². The quantitative estimate of drug-likeness (QED) is 0.852. The van der Waals surface area contributed by atoms with Gasteiger partial charge in [0.05, 0.1) is 18.8 Å². The van der Waals surface area contributed by atoms with E-state index in [0.717, 1.165) is 11.9 Å². The molecule has 2 aromatic heterocycles. The molecule has 4 heteroatoms. The Hall–Kier alpha value is -1.55. The summed E-state index contributed by atoms with van der Waals surface area (Å²) in [5.74, 6) is 1.38. The van der Waals surface area contributed by atoms with Crippen LogP contribution in [0.25, 0.3) is 10.9 Å². The molecule has 100 valence electrons. The van der Waals surface area contributed by atoms with Crippen LogP contribution in [0, 0.1) is 0 Å². The van der Waals surface area contributed by atoms with Gasteiger partial charge >= 0.3 is 0 Å². The molecule has 2 atom stereocenters. The third-order valence-electron chi connectivity index (χ3n) is 4.60. The summed E-state index contributed by atoms with van der Waals surface area (Å²) in [5.41, 5.74) is 4.10. The molecule has 1 fully saturated rings. The number of methoxy groups -OCH3 is 1. The molecule has 1 unspecified atom stereocenters. The van der Waals surface area contributed by atoms with E-state index in [4.69, 9.17) is 4.74 Å². The SMILES string of the molecule is COc1cc2c3c([nH]c2cn1)[C@@H]1CCCN(CC3)C1. The summed E-state index contributed by atoms with van der Waals surface area (Å²) in [6.45, 7) is 3.66. The Balaban J connectivity index is 1.88. The number of pyridine rings is 1. The van der Waals surface area contributed by atoms with Crippen LogP contribution in [0.3, 0.4) is 0 Å². The third kappa shape index (κ3) is 1.74. The van der Waals surface area contributed by atoms with E-state index < -0.39 is 0 Å². The first-order valence-corrected chi connectivity index (χ1v) is 7.12. The summed E-state index contributed by atoms with van der Waals surface area (Å²) in [6, 6.07) is 2.08. The monoisotopic (exact) mass is 257 g/mol. The molecule has 2 bridgehead atoms. The minimum absolute atomic E-state index is 0.671. The molecule has 0 saturated carbocycles. The molecular weight excluding hydrogens is 238 g/mol. The molecule has 0 aliphatic carbocycles. The molecule has 1 saturated heterocycles. The highest BCUT2D eigenvalue weighted by Crippen LogP contribution is 2.36. The highest BCUT2D eigenvalue weighted by Gasteiger charge is 2.29. The summed E-state index contributed by atoms with van der Waals surface area (Å²) >= 11 is 0. The highest BCUT2D eigenvalue weighted by molar-refractivity contribution is 5.85. The molecule has 4 heterocycles. The fourth-order valence-corrected chi connectivity index (χ4v) is 3.64. The number of piperidine rings is 1. The van der Waals surface area contributed by atoms with Crippen LogP contribution in [0.4, 0.5) is 0 Å². The van der Waals surface area contributed by atoms with E-state index >= 15 is 0 Å². The number of ether oxygens (including phenoxy) is 1. The standard InChI is InChI=1S/C15H19N3O/c1-19-14-7-12-11-4-6-18-5-2-3-10(9-18)15(11)17-13(12)8-16-14/h7-8,10,17H,2-6,9H2,1H3/t10-/m1/s1. The largest absolute Gasteiger partial charge is 0.481 e. The maximum atomic E-state index is 5.27. The molecule has 2 aliphatic rings. The molecule has 0 aromatic carbocycles. The van der Waals surface area contributed by atoms with Gasteiger partial charge in [-0.1, -0.05) is 0 Å². The van der Waals surface area contributed by atoms with Crippen molar-refractivity contribution >= 4 is 10.9 Å². The molecule has 4 rings (SSSR count). The first kappa shape index (κ1) is 11.3. The summed E-state index contributed by atoms with van der Waals surface area (Å²) in [6.07, 6.45) is 5.67. The van der Waals surface area contributed by atoms with Crippen LogP contribution in [-0.2, 0) is 6.42 Å². The van der Waals surface area contributed by atoms with Crippen molar-refractivity contribution in [2.45, 2.75) is 25.2 Å². The van der Waals surface area contributed by atoms with Crippen LogP contribution in [0.1, 0.15) is 30.0 Å². The van der Waals surface area contributed by atoms with Crippen molar-refractivity contribution in [3.63, 3.8) is 0 Å². The lowest BCUT2D eigenvalue weighted by Gasteiger charge is -2.29. The summed E-state index contributed by atoms with van der Waals surface area (Å²) in [7, 11) is 1.68. The van der Waals surface area contributed by atoms with Crippen LogP contribution in [0.2, 0.25) is 0 Å². The molecule has 4 nitrogen and oxygen atoms in total. The fourth-order valence-electron chi connectivity index (χ4n) is 3.64. The molecule has 0 spiro atoms. The van der Waals surface area contributed by atoms with Gasteiger partial charge in [0, 0.05) is 36.2 Å². The zero-order valence-corrected chi connectivity index (χ0v) is 11.3. The predicted molar refractivity (Wildman–Crippen MR) is 74.8 cm³/mol. The first-order chi connectivity index (χ1) is 9.35. The van der Waals surface area contributed by atoms with Crippen molar-refractivity contribution in [1.29, 1.82) is 0 Å². The van der Waals surface area contributed by atoms with Gasteiger partial charge in [0.25, 0.3) is 0 Å². The molecule has 2 aliphatic heterocycles. The van der Waals surface area contributed by atoms with E-state index in [1.165, 1.54) is 49.1 Å². The van der Waals surface area contributed by atoms with Gasteiger partial charge in [-0.05, 0) is 31.4 Å². The second-order valence-corrected chi connectivity index (χ2v) is 5.68. The number of hydrogen-bond donors (Lipinski definition) is 1. The second-order valence-electron chi connectivity index (χ2n) is 5.68. The highest BCUT2D eigenvalue weighted by atomic mass is 16.5. The van der Waals surface area contributed by atoms with Gasteiger partial charge in [0.1, 0.15) is 0 Å². The third-order valence-corrected chi connectivity index (χ3v) is 4.60. The van der Waals surface area contributed by atoms with Crippen LogP contribution in [0.15, 0.2) is 12.3 Å². The Morgan fingerprint density at radius 3 is 3.26 bits per heavy atom. The summed E-state index contributed by atoms with van der Waals surface area (Å²) in [4.78, 5) is 10.5. The van der Waals surface area contributed by atoms with Gasteiger partial charge in [-0.25, -0.2) is 4.98 Å². The van der Waals surface area contributed by atoms with Gasteiger partial charge < -0.3 is 14.6 Å². The molecular formula is C15H19N3O. The predicted octanol–water partition coefficient (Wildman–Crippen LogP) is 2.31. The molecule has 2 aromatic rings. The van der Waals surface area contributed by atoms with Gasteiger partial charge in [-0.2, -0.15) is 0 Å². The van der Waals surface area contributed by atoms with E-state index in [-0.39, 0.29) is 0 Å². The number of rotatable bonds is 1. The Morgan fingerprint density at radius 2 is 2.37 bits per heavy atom.